The average Bonchev–Trinajstić information content (AvgIpc) is 2.68. The number of hydrogen-bond acceptors (Lipinski definition) is 3. The minimum atomic E-state index is -1.06. The third kappa shape index (κ3) is 6.07. The van der Waals surface area contributed by atoms with Crippen LogP contribution in [0.25, 0.3) is 11.1 Å². The highest BCUT2D eigenvalue weighted by molar-refractivity contribution is 9.09. The third-order valence-corrected chi connectivity index (χ3v) is 4.85. The van der Waals surface area contributed by atoms with E-state index in [1.165, 1.54) is 6.92 Å². The van der Waals surface area contributed by atoms with Crippen molar-refractivity contribution >= 4 is 49.4 Å². The fourth-order valence-electron chi connectivity index (χ4n) is 2.59. The van der Waals surface area contributed by atoms with Crippen LogP contribution in [-0.2, 0) is 4.79 Å². The maximum atomic E-state index is 12.1. The Morgan fingerprint density at radius 3 is 1.89 bits per heavy atom. The van der Waals surface area contributed by atoms with Gasteiger partial charge in [0.15, 0.2) is 0 Å². The van der Waals surface area contributed by atoms with Gasteiger partial charge in [0.2, 0.25) is 0 Å². The lowest BCUT2D eigenvalue weighted by atomic mass is 10.0. The first-order valence-corrected chi connectivity index (χ1v) is 10.8. The molecule has 0 unspecified atom stereocenters. The van der Waals surface area contributed by atoms with E-state index < -0.39 is 17.9 Å². The predicted octanol–water partition coefficient (Wildman–Crippen LogP) is 4.15. The van der Waals surface area contributed by atoms with E-state index in [0.29, 0.717) is 5.56 Å². The molecule has 0 aromatic heterocycles. The van der Waals surface area contributed by atoms with E-state index in [1.807, 2.05) is 12.1 Å². The first-order valence-electron chi connectivity index (χ1n) is 8.57. The normalized spacial score (nSPS) is 11.7. The zero-order chi connectivity index (χ0) is 19.8. The number of benzene rings is 2. The zero-order valence-corrected chi connectivity index (χ0v) is 18.2. The van der Waals surface area contributed by atoms with Crippen LogP contribution in [0.2, 0.25) is 0 Å². The van der Waals surface area contributed by atoms with Crippen LogP contribution in [0.4, 0.5) is 5.69 Å². The Morgan fingerprint density at radius 1 is 0.963 bits per heavy atom. The molecule has 0 spiro atoms. The summed E-state index contributed by atoms with van der Waals surface area (Å²) in [6, 6.07) is 14.5. The van der Waals surface area contributed by atoms with E-state index >= 15 is 0 Å². The van der Waals surface area contributed by atoms with Crippen LogP contribution in [0.5, 0.6) is 0 Å². The Labute approximate surface area is 176 Å². The maximum absolute atomic E-state index is 12.1. The van der Waals surface area contributed by atoms with Crippen LogP contribution in [0.1, 0.15) is 17.3 Å². The number of carboxylic acid groups (broad SMARTS) is 1. The molecule has 27 heavy (non-hydrogen) atoms. The number of carbonyl (C=O) groups excluding carboxylic acids is 1. The molecule has 0 radical (unpaired) electrons. The minimum absolute atomic E-state index is 0.396. The minimum Gasteiger partial charge on any atom is -0.480 e. The van der Waals surface area contributed by atoms with Crippen molar-refractivity contribution in [3.05, 3.63) is 54.1 Å². The Morgan fingerprint density at radius 2 is 1.44 bits per heavy atom. The first-order chi connectivity index (χ1) is 13.0. The largest absolute Gasteiger partial charge is 0.480 e. The summed E-state index contributed by atoms with van der Waals surface area (Å²) in [6.07, 6.45) is 0. The lowest BCUT2D eigenvalue weighted by Gasteiger charge is -2.23. The standard InChI is InChI=1S/C20H22Br2N2O3/c1-14(20(26)27)23-19(25)17-4-2-15(3-5-17)16-6-8-18(9-7-16)24(12-10-21)13-11-22/h2-9,14H,10-13H2,1H3,(H,23,25)(H,26,27)/t14-/m0/s1. The molecule has 0 aliphatic rings. The number of carbonyl (C=O) groups is 2. The number of hydrogen-bond donors (Lipinski definition) is 2. The van der Waals surface area contributed by atoms with Gasteiger partial charge in [0.05, 0.1) is 0 Å². The molecule has 144 valence electrons. The summed E-state index contributed by atoms with van der Waals surface area (Å²) < 4.78 is 0. The number of amides is 1. The fraction of sp³-hybridized carbons (Fsp3) is 0.300. The highest BCUT2D eigenvalue weighted by Crippen LogP contribution is 2.24. The number of alkyl halides is 2. The number of carboxylic acids is 1. The van der Waals surface area contributed by atoms with Gasteiger partial charge in [-0.05, 0) is 42.3 Å². The molecular weight excluding hydrogens is 476 g/mol. The smallest absolute Gasteiger partial charge is 0.325 e. The molecule has 0 heterocycles. The number of nitrogens with one attached hydrogen (secondary N) is 1. The van der Waals surface area contributed by atoms with Crippen LogP contribution in [0.15, 0.2) is 48.5 Å². The van der Waals surface area contributed by atoms with Crippen molar-refractivity contribution in [2.75, 3.05) is 28.6 Å². The molecule has 2 N–H and O–H groups in total. The Hall–Kier alpha value is -1.86. The second kappa shape index (κ2) is 10.5. The van der Waals surface area contributed by atoms with E-state index in [4.69, 9.17) is 5.11 Å². The van der Waals surface area contributed by atoms with Crippen LogP contribution < -0.4 is 10.2 Å². The van der Waals surface area contributed by atoms with Crippen LogP contribution in [0.3, 0.4) is 0 Å². The van der Waals surface area contributed by atoms with Gasteiger partial charge in [-0.1, -0.05) is 56.1 Å². The Bertz CT molecular complexity index is 758. The third-order valence-electron chi connectivity index (χ3n) is 4.14. The van der Waals surface area contributed by atoms with Gasteiger partial charge in [0.25, 0.3) is 5.91 Å². The second-order valence-corrected chi connectivity index (χ2v) is 7.61. The van der Waals surface area contributed by atoms with E-state index in [0.717, 1.165) is 40.6 Å². The summed E-state index contributed by atoms with van der Waals surface area (Å²) in [5.41, 5.74) is 3.65. The van der Waals surface area contributed by atoms with Gasteiger partial charge in [-0.15, -0.1) is 0 Å². The molecule has 0 bridgehead atoms. The first kappa shape index (κ1) is 21.4. The van der Waals surface area contributed by atoms with Crippen molar-refractivity contribution in [2.24, 2.45) is 0 Å². The predicted molar refractivity (Wildman–Crippen MR) is 116 cm³/mol. The monoisotopic (exact) mass is 496 g/mol. The molecule has 0 saturated carbocycles. The molecule has 0 fully saturated rings. The molecule has 0 aliphatic heterocycles. The Kier molecular flexibility index (Phi) is 8.31. The molecule has 7 heteroatoms. The van der Waals surface area contributed by atoms with Gasteiger partial charge in [0.1, 0.15) is 6.04 Å². The number of nitrogens with zero attached hydrogens (tertiary/aromatic N) is 1. The van der Waals surface area contributed by atoms with E-state index in [2.05, 4.69) is 66.3 Å². The highest BCUT2D eigenvalue weighted by atomic mass is 79.9. The van der Waals surface area contributed by atoms with Gasteiger partial charge < -0.3 is 15.3 Å². The van der Waals surface area contributed by atoms with Crippen molar-refractivity contribution < 1.29 is 14.7 Å². The molecule has 2 rings (SSSR count). The van der Waals surface area contributed by atoms with Gasteiger partial charge >= 0.3 is 5.97 Å². The summed E-state index contributed by atoms with van der Waals surface area (Å²) in [7, 11) is 0. The number of aliphatic carboxylic acids is 1. The number of anilines is 1. The topological polar surface area (TPSA) is 69.6 Å². The number of rotatable bonds is 9. The molecule has 0 saturated heterocycles. The summed E-state index contributed by atoms with van der Waals surface area (Å²) in [6.45, 7) is 3.30. The van der Waals surface area contributed by atoms with Gasteiger partial charge in [-0.3, -0.25) is 9.59 Å². The molecule has 1 amide bonds. The van der Waals surface area contributed by atoms with Crippen LogP contribution in [-0.4, -0.2) is 46.8 Å². The summed E-state index contributed by atoms with van der Waals surface area (Å²) >= 11 is 6.97. The van der Waals surface area contributed by atoms with Crippen molar-refractivity contribution in [1.82, 2.24) is 5.32 Å². The van der Waals surface area contributed by atoms with Crippen molar-refractivity contribution in [2.45, 2.75) is 13.0 Å². The van der Waals surface area contributed by atoms with Crippen molar-refractivity contribution in [3.8, 4) is 11.1 Å². The summed E-state index contributed by atoms with van der Waals surface area (Å²) in [5, 5.41) is 13.1. The van der Waals surface area contributed by atoms with Crippen molar-refractivity contribution in [3.63, 3.8) is 0 Å². The van der Waals surface area contributed by atoms with Crippen LogP contribution in [0, 0.1) is 0 Å². The van der Waals surface area contributed by atoms with E-state index in [9.17, 15) is 9.59 Å². The highest BCUT2D eigenvalue weighted by Gasteiger charge is 2.15. The van der Waals surface area contributed by atoms with E-state index in [1.54, 1.807) is 12.1 Å². The lowest BCUT2D eigenvalue weighted by Crippen LogP contribution is -2.38. The molecular formula is C20H22Br2N2O3. The summed E-state index contributed by atoms with van der Waals surface area (Å²) in [4.78, 5) is 25.2. The van der Waals surface area contributed by atoms with Gasteiger partial charge in [-0.2, -0.15) is 0 Å². The molecule has 0 aliphatic carbocycles. The quantitative estimate of drug-likeness (QED) is 0.510. The average molecular weight is 498 g/mol. The molecule has 2 aromatic carbocycles. The van der Waals surface area contributed by atoms with Gasteiger partial charge in [-0.25, -0.2) is 0 Å². The van der Waals surface area contributed by atoms with Crippen molar-refractivity contribution in [1.29, 1.82) is 0 Å². The number of halogens is 2. The van der Waals surface area contributed by atoms with Crippen LogP contribution >= 0.6 is 31.9 Å². The Balaban J connectivity index is 2.10. The SMILES string of the molecule is C[C@H](NC(=O)c1ccc(-c2ccc(N(CCBr)CCBr)cc2)cc1)C(=O)O. The summed E-state index contributed by atoms with van der Waals surface area (Å²) in [5.74, 6) is -1.46. The lowest BCUT2D eigenvalue weighted by molar-refractivity contribution is -0.138. The molecule has 2 aromatic rings. The maximum Gasteiger partial charge on any atom is 0.325 e. The fourth-order valence-corrected chi connectivity index (χ4v) is 3.45. The zero-order valence-electron chi connectivity index (χ0n) is 15.0. The van der Waals surface area contributed by atoms with E-state index in [-0.39, 0.29) is 0 Å². The molecule has 5 nitrogen and oxygen atoms in total. The second-order valence-electron chi connectivity index (χ2n) is 6.02. The molecule has 1 atom stereocenters. The van der Waals surface area contributed by atoms with Gasteiger partial charge in [0, 0.05) is 35.0 Å².